The van der Waals surface area contributed by atoms with Gasteiger partial charge in [0.25, 0.3) is 0 Å². The molecule has 0 spiro atoms. The van der Waals surface area contributed by atoms with Crippen LogP contribution in [0, 0.1) is 0 Å². The van der Waals surface area contributed by atoms with Gasteiger partial charge < -0.3 is 15.1 Å². The minimum absolute atomic E-state index is 0.413. The van der Waals surface area contributed by atoms with E-state index in [1.54, 1.807) is 0 Å². The molecule has 0 bridgehead atoms. The molecule has 1 aliphatic carbocycles. The predicted molar refractivity (Wildman–Crippen MR) is 94.6 cm³/mol. The van der Waals surface area contributed by atoms with Crippen molar-refractivity contribution in [1.82, 2.24) is 10.2 Å². The van der Waals surface area contributed by atoms with Crippen LogP contribution in [0.25, 0.3) is 0 Å². The van der Waals surface area contributed by atoms with Crippen LogP contribution in [0.5, 0.6) is 0 Å². The van der Waals surface area contributed by atoms with Crippen LogP contribution in [-0.4, -0.2) is 50.2 Å². The van der Waals surface area contributed by atoms with E-state index < -0.39 is 0 Å². The number of benzene rings is 1. The Labute approximate surface area is 135 Å². The standard InChI is InChI=1S/C19H31N3/c1-21(2)19(12-6-7-13-19)16-20-17-10-14-22(15-11-17)18-8-4-3-5-9-18/h3-5,8-9,17,20H,6-7,10-16H2,1-2H3. The first kappa shape index (κ1) is 15.8. The summed E-state index contributed by atoms with van der Waals surface area (Å²) in [6, 6.07) is 11.5. The highest BCUT2D eigenvalue weighted by Crippen LogP contribution is 2.33. The molecule has 0 radical (unpaired) electrons. The van der Waals surface area contributed by atoms with E-state index in [4.69, 9.17) is 0 Å². The van der Waals surface area contributed by atoms with Gasteiger partial charge in [0.1, 0.15) is 0 Å². The van der Waals surface area contributed by atoms with Crippen LogP contribution < -0.4 is 10.2 Å². The van der Waals surface area contributed by atoms with Crippen LogP contribution in [0.4, 0.5) is 5.69 Å². The molecule has 0 amide bonds. The summed E-state index contributed by atoms with van der Waals surface area (Å²) < 4.78 is 0. The van der Waals surface area contributed by atoms with Crippen molar-refractivity contribution < 1.29 is 0 Å². The van der Waals surface area contributed by atoms with Crippen molar-refractivity contribution in [2.24, 2.45) is 0 Å². The molecule has 1 heterocycles. The quantitative estimate of drug-likeness (QED) is 0.901. The topological polar surface area (TPSA) is 18.5 Å². The number of rotatable bonds is 5. The number of para-hydroxylation sites is 1. The molecule has 1 N–H and O–H groups in total. The lowest BCUT2D eigenvalue weighted by Gasteiger charge is -2.40. The third-order valence-corrected chi connectivity index (χ3v) is 5.82. The van der Waals surface area contributed by atoms with Crippen LogP contribution in [-0.2, 0) is 0 Å². The van der Waals surface area contributed by atoms with Crippen molar-refractivity contribution in [3.8, 4) is 0 Å². The molecule has 1 aromatic carbocycles. The second kappa shape index (κ2) is 7.01. The normalized spacial score (nSPS) is 22.4. The van der Waals surface area contributed by atoms with E-state index >= 15 is 0 Å². The fraction of sp³-hybridized carbons (Fsp3) is 0.684. The zero-order valence-electron chi connectivity index (χ0n) is 14.2. The Morgan fingerprint density at radius 2 is 1.73 bits per heavy atom. The van der Waals surface area contributed by atoms with Gasteiger partial charge in [-0.1, -0.05) is 31.0 Å². The van der Waals surface area contributed by atoms with Crippen molar-refractivity contribution in [2.75, 3.05) is 38.6 Å². The van der Waals surface area contributed by atoms with E-state index in [1.165, 1.54) is 57.3 Å². The van der Waals surface area contributed by atoms with E-state index in [0.29, 0.717) is 11.6 Å². The molecule has 3 heteroatoms. The maximum atomic E-state index is 3.89. The van der Waals surface area contributed by atoms with Gasteiger partial charge in [-0.3, -0.25) is 0 Å². The first-order chi connectivity index (χ1) is 10.7. The highest BCUT2D eigenvalue weighted by Gasteiger charge is 2.36. The lowest BCUT2D eigenvalue weighted by Crippen LogP contribution is -2.53. The third kappa shape index (κ3) is 3.47. The summed E-state index contributed by atoms with van der Waals surface area (Å²) >= 11 is 0. The smallest absolute Gasteiger partial charge is 0.0366 e. The van der Waals surface area contributed by atoms with Crippen LogP contribution >= 0.6 is 0 Å². The number of nitrogens with one attached hydrogen (secondary N) is 1. The molecule has 122 valence electrons. The number of nitrogens with zero attached hydrogens (tertiary/aromatic N) is 2. The van der Waals surface area contributed by atoms with E-state index in [2.05, 4.69) is 59.5 Å². The van der Waals surface area contributed by atoms with Crippen molar-refractivity contribution in [3.05, 3.63) is 30.3 Å². The number of piperidine rings is 1. The number of anilines is 1. The van der Waals surface area contributed by atoms with Gasteiger partial charge in [-0.2, -0.15) is 0 Å². The summed E-state index contributed by atoms with van der Waals surface area (Å²) in [5, 5.41) is 3.89. The molecular weight excluding hydrogens is 270 g/mol. The van der Waals surface area contributed by atoms with Crippen molar-refractivity contribution in [2.45, 2.75) is 50.1 Å². The number of likely N-dealkylation sites (N-methyl/N-ethyl adjacent to an activating group) is 1. The van der Waals surface area contributed by atoms with Crippen LogP contribution in [0.3, 0.4) is 0 Å². The number of hydrogen-bond donors (Lipinski definition) is 1. The average Bonchev–Trinajstić information content (AvgIpc) is 3.05. The summed E-state index contributed by atoms with van der Waals surface area (Å²) in [6.07, 6.45) is 8.03. The molecule has 0 aromatic heterocycles. The molecule has 1 aromatic rings. The van der Waals surface area contributed by atoms with Gasteiger partial charge in [-0.05, 0) is 51.9 Å². The maximum absolute atomic E-state index is 3.89. The maximum Gasteiger partial charge on any atom is 0.0366 e. The van der Waals surface area contributed by atoms with Gasteiger partial charge in [0.15, 0.2) is 0 Å². The highest BCUT2D eigenvalue weighted by atomic mass is 15.2. The molecular formula is C19H31N3. The van der Waals surface area contributed by atoms with E-state index in [9.17, 15) is 0 Å². The Balaban J connectivity index is 1.48. The Bertz CT molecular complexity index is 443. The zero-order chi connectivity index (χ0) is 15.4. The molecule has 0 atom stereocenters. The molecule has 0 unspecified atom stereocenters. The van der Waals surface area contributed by atoms with Gasteiger partial charge in [-0.15, -0.1) is 0 Å². The molecule has 1 saturated heterocycles. The summed E-state index contributed by atoms with van der Waals surface area (Å²) in [5.74, 6) is 0. The third-order valence-electron chi connectivity index (χ3n) is 5.82. The summed E-state index contributed by atoms with van der Waals surface area (Å²) in [5.41, 5.74) is 1.79. The second-order valence-electron chi connectivity index (χ2n) is 7.30. The molecule has 22 heavy (non-hydrogen) atoms. The first-order valence-corrected chi connectivity index (χ1v) is 8.90. The highest BCUT2D eigenvalue weighted by molar-refractivity contribution is 5.46. The van der Waals surface area contributed by atoms with E-state index in [1.807, 2.05) is 0 Å². The molecule has 1 aliphatic heterocycles. The molecule has 2 aliphatic rings. The lowest BCUT2D eigenvalue weighted by atomic mass is 9.94. The molecule has 2 fully saturated rings. The number of hydrogen-bond acceptors (Lipinski definition) is 3. The fourth-order valence-corrected chi connectivity index (χ4v) is 4.13. The largest absolute Gasteiger partial charge is 0.371 e. The van der Waals surface area contributed by atoms with Crippen LogP contribution in [0.15, 0.2) is 30.3 Å². The zero-order valence-corrected chi connectivity index (χ0v) is 14.2. The van der Waals surface area contributed by atoms with Crippen molar-refractivity contribution in [1.29, 1.82) is 0 Å². The van der Waals surface area contributed by atoms with Crippen LogP contribution in [0.1, 0.15) is 38.5 Å². The monoisotopic (exact) mass is 301 g/mol. The van der Waals surface area contributed by atoms with Gasteiger partial charge >= 0.3 is 0 Å². The lowest BCUT2D eigenvalue weighted by molar-refractivity contribution is 0.146. The Kier molecular flexibility index (Phi) is 5.04. The molecule has 1 saturated carbocycles. The van der Waals surface area contributed by atoms with Crippen molar-refractivity contribution >= 4 is 5.69 Å². The fourth-order valence-electron chi connectivity index (χ4n) is 4.13. The van der Waals surface area contributed by atoms with Gasteiger partial charge in [0.2, 0.25) is 0 Å². The van der Waals surface area contributed by atoms with Gasteiger partial charge in [0, 0.05) is 36.9 Å². The van der Waals surface area contributed by atoms with Crippen molar-refractivity contribution in [3.63, 3.8) is 0 Å². The Morgan fingerprint density at radius 1 is 1.09 bits per heavy atom. The Hall–Kier alpha value is -1.06. The molecule has 3 nitrogen and oxygen atoms in total. The minimum atomic E-state index is 0.413. The van der Waals surface area contributed by atoms with Crippen LogP contribution in [0.2, 0.25) is 0 Å². The van der Waals surface area contributed by atoms with Gasteiger partial charge in [-0.25, -0.2) is 0 Å². The Morgan fingerprint density at radius 3 is 2.32 bits per heavy atom. The van der Waals surface area contributed by atoms with Gasteiger partial charge in [0.05, 0.1) is 0 Å². The average molecular weight is 301 g/mol. The summed E-state index contributed by atoms with van der Waals surface area (Å²) in [6.45, 7) is 3.52. The minimum Gasteiger partial charge on any atom is -0.371 e. The second-order valence-corrected chi connectivity index (χ2v) is 7.30. The first-order valence-electron chi connectivity index (χ1n) is 8.90. The van der Waals surface area contributed by atoms with E-state index in [0.717, 1.165) is 6.54 Å². The SMILES string of the molecule is CN(C)C1(CNC2CCN(c3ccccc3)CC2)CCCC1. The summed E-state index contributed by atoms with van der Waals surface area (Å²) in [4.78, 5) is 4.99. The van der Waals surface area contributed by atoms with E-state index in [-0.39, 0.29) is 0 Å². The molecule has 3 rings (SSSR count). The predicted octanol–water partition coefficient (Wildman–Crippen LogP) is 3.12. The summed E-state index contributed by atoms with van der Waals surface area (Å²) in [7, 11) is 4.51.